The number of likely N-dealkylation sites (tertiary alicyclic amines) is 1. The van der Waals surface area contributed by atoms with E-state index >= 15 is 0 Å². The summed E-state index contributed by atoms with van der Waals surface area (Å²) in [6, 6.07) is 7.76. The molecule has 2 rings (SSSR count). The first-order valence-electron chi connectivity index (χ1n) is 6.82. The number of hydrogen-bond acceptors (Lipinski definition) is 4. The first-order chi connectivity index (χ1) is 9.90. The second kappa shape index (κ2) is 6.44. The van der Waals surface area contributed by atoms with Crippen molar-refractivity contribution in [3.05, 3.63) is 29.8 Å². The van der Waals surface area contributed by atoms with E-state index < -0.39 is 15.3 Å². The first-order valence-corrected chi connectivity index (χ1v) is 8.43. The van der Waals surface area contributed by atoms with Gasteiger partial charge in [-0.2, -0.15) is 0 Å². The molecule has 1 amide bonds. The van der Waals surface area contributed by atoms with Crippen molar-refractivity contribution in [1.29, 1.82) is 0 Å². The van der Waals surface area contributed by atoms with Crippen LogP contribution < -0.4 is 9.88 Å². The van der Waals surface area contributed by atoms with Gasteiger partial charge in [0, 0.05) is 19.5 Å². The predicted octanol–water partition coefficient (Wildman–Crippen LogP) is 0.517. The molecule has 1 aliphatic heterocycles. The lowest BCUT2D eigenvalue weighted by molar-refractivity contribution is -0.127. The number of carbonyl (C=O) groups excluding carboxylic acids is 1. The molecule has 1 saturated heterocycles. The van der Waals surface area contributed by atoms with E-state index in [9.17, 15) is 13.2 Å². The van der Waals surface area contributed by atoms with Crippen LogP contribution >= 0.6 is 0 Å². The zero-order valence-electron chi connectivity index (χ0n) is 12.0. The molecular formula is C14H20N2O4S. The second-order valence-corrected chi connectivity index (χ2v) is 7.05. The van der Waals surface area contributed by atoms with Crippen molar-refractivity contribution in [3.8, 4) is 5.75 Å². The lowest BCUT2D eigenvalue weighted by Crippen LogP contribution is -2.32. The Kier molecular flexibility index (Phi) is 4.84. The molecule has 2 N–H and O–H groups in total. The largest absolute Gasteiger partial charge is 0.497 e. The summed E-state index contributed by atoms with van der Waals surface area (Å²) in [4.78, 5) is 13.3. The number of sulfonamides is 1. The fourth-order valence-electron chi connectivity index (χ4n) is 2.44. The molecule has 1 aliphatic rings. The quantitative estimate of drug-likeness (QED) is 0.829. The average Bonchev–Trinajstić information content (AvgIpc) is 2.81. The summed E-state index contributed by atoms with van der Waals surface area (Å²) < 4.78 is 27.6. The number of nitrogens with two attached hydrogens (primary N) is 1. The smallest absolute Gasteiger partial charge is 0.224 e. The van der Waals surface area contributed by atoms with Crippen LogP contribution in [0.3, 0.4) is 0 Å². The topological polar surface area (TPSA) is 89.7 Å². The number of carbonyl (C=O) groups is 1. The number of methoxy groups -OCH3 is 1. The molecule has 0 aromatic heterocycles. The van der Waals surface area contributed by atoms with Gasteiger partial charge in [-0.15, -0.1) is 0 Å². The van der Waals surface area contributed by atoms with Crippen LogP contribution in [0, 0.1) is 0 Å². The Morgan fingerprint density at radius 1 is 1.33 bits per heavy atom. The highest BCUT2D eigenvalue weighted by atomic mass is 32.2. The molecule has 0 spiro atoms. The third kappa shape index (κ3) is 4.18. The van der Waals surface area contributed by atoms with Crippen LogP contribution in [0.15, 0.2) is 24.3 Å². The minimum absolute atomic E-state index is 0.00136. The van der Waals surface area contributed by atoms with E-state index in [4.69, 9.17) is 9.88 Å². The molecule has 0 saturated carbocycles. The van der Waals surface area contributed by atoms with Crippen LogP contribution in [0.4, 0.5) is 0 Å². The Bertz CT molecular complexity index is 598. The van der Waals surface area contributed by atoms with Crippen LogP contribution in [0.2, 0.25) is 0 Å². The molecule has 21 heavy (non-hydrogen) atoms. The lowest BCUT2D eigenvalue weighted by Gasteiger charge is -2.16. The van der Waals surface area contributed by atoms with Crippen molar-refractivity contribution in [1.82, 2.24) is 4.90 Å². The number of ether oxygens (including phenoxy) is 1. The van der Waals surface area contributed by atoms with Crippen molar-refractivity contribution in [3.63, 3.8) is 0 Å². The maximum absolute atomic E-state index is 11.7. The number of amides is 1. The Morgan fingerprint density at radius 2 is 2.00 bits per heavy atom. The Hall–Kier alpha value is -1.60. The summed E-state index contributed by atoms with van der Waals surface area (Å²) in [6.07, 6.45) is 1.62. The normalized spacial score (nSPS) is 19.0. The Balaban J connectivity index is 1.82. The average molecular weight is 312 g/mol. The monoisotopic (exact) mass is 312 g/mol. The van der Waals surface area contributed by atoms with Gasteiger partial charge in [0.2, 0.25) is 15.9 Å². The number of rotatable bonds is 6. The standard InChI is InChI=1S/C14H20N2O4S/c1-20-12-6-4-11(5-7-12)3-2-8-16-10-13(9-14(16)17)21(15,18)19/h4-7,13H,2-3,8-10H2,1H3,(H2,15,18,19). The zero-order chi connectivity index (χ0) is 15.5. The maximum atomic E-state index is 11.7. The van der Waals surface area contributed by atoms with Crippen molar-refractivity contribution in [2.45, 2.75) is 24.5 Å². The minimum Gasteiger partial charge on any atom is -0.497 e. The summed E-state index contributed by atoms with van der Waals surface area (Å²) in [5, 5.41) is 4.34. The molecule has 7 heteroatoms. The molecule has 1 aromatic carbocycles. The van der Waals surface area contributed by atoms with E-state index in [1.54, 1.807) is 12.0 Å². The molecule has 116 valence electrons. The van der Waals surface area contributed by atoms with Gasteiger partial charge in [-0.05, 0) is 30.5 Å². The number of nitrogens with zero attached hydrogens (tertiary/aromatic N) is 1. The van der Waals surface area contributed by atoms with Crippen molar-refractivity contribution < 1.29 is 17.9 Å². The van der Waals surface area contributed by atoms with E-state index in [0.717, 1.165) is 24.2 Å². The van der Waals surface area contributed by atoms with E-state index in [1.165, 1.54) is 0 Å². The van der Waals surface area contributed by atoms with Crippen LogP contribution in [0.1, 0.15) is 18.4 Å². The molecule has 1 atom stereocenters. The highest BCUT2D eigenvalue weighted by molar-refractivity contribution is 7.89. The molecule has 1 fully saturated rings. The van der Waals surface area contributed by atoms with E-state index in [0.29, 0.717) is 6.54 Å². The molecule has 0 bridgehead atoms. The second-order valence-electron chi connectivity index (χ2n) is 5.21. The number of primary sulfonamides is 1. The number of hydrogen-bond donors (Lipinski definition) is 1. The molecular weight excluding hydrogens is 292 g/mol. The third-order valence-electron chi connectivity index (χ3n) is 3.70. The van der Waals surface area contributed by atoms with E-state index in [-0.39, 0.29) is 18.9 Å². The fourth-order valence-corrected chi connectivity index (χ4v) is 3.20. The molecule has 0 aliphatic carbocycles. The van der Waals surface area contributed by atoms with Gasteiger partial charge in [0.25, 0.3) is 0 Å². The van der Waals surface area contributed by atoms with Crippen molar-refractivity contribution in [2.75, 3.05) is 20.2 Å². The lowest BCUT2D eigenvalue weighted by atomic mass is 10.1. The van der Waals surface area contributed by atoms with Crippen LogP contribution in [0.5, 0.6) is 5.75 Å². The van der Waals surface area contributed by atoms with Gasteiger partial charge < -0.3 is 9.64 Å². The van der Waals surface area contributed by atoms with Gasteiger partial charge in [0.05, 0.1) is 7.11 Å². The fraction of sp³-hybridized carbons (Fsp3) is 0.500. The summed E-state index contributed by atoms with van der Waals surface area (Å²) in [7, 11) is -2.01. The van der Waals surface area contributed by atoms with Gasteiger partial charge in [-0.25, -0.2) is 13.6 Å². The minimum atomic E-state index is -3.63. The Morgan fingerprint density at radius 3 is 2.52 bits per heavy atom. The molecule has 1 heterocycles. The highest BCUT2D eigenvalue weighted by Crippen LogP contribution is 2.18. The SMILES string of the molecule is COc1ccc(CCCN2CC(S(N)(=O)=O)CC2=O)cc1. The van der Waals surface area contributed by atoms with E-state index in [1.807, 2.05) is 24.3 Å². The number of aryl methyl sites for hydroxylation is 1. The Labute approximate surface area is 124 Å². The van der Waals surface area contributed by atoms with Crippen LogP contribution in [-0.2, 0) is 21.2 Å². The predicted molar refractivity (Wildman–Crippen MR) is 79.4 cm³/mol. The van der Waals surface area contributed by atoms with Crippen molar-refractivity contribution >= 4 is 15.9 Å². The van der Waals surface area contributed by atoms with Gasteiger partial charge >= 0.3 is 0 Å². The highest BCUT2D eigenvalue weighted by Gasteiger charge is 2.35. The van der Waals surface area contributed by atoms with Gasteiger partial charge in [0.1, 0.15) is 11.0 Å². The van der Waals surface area contributed by atoms with Gasteiger partial charge in [-0.3, -0.25) is 4.79 Å². The molecule has 0 radical (unpaired) electrons. The van der Waals surface area contributed by atoms with Crippen molar-refractivity contribution in [2.24, 2.45) is 5.14 Å². The summed E-state index contributed by atoms with van der Waals surface area (Å²) >= 11 is 0. The van der Waals surface area contributed by atoms with Crippen LogP contribution in [0.25, 0.3) is 0 Å². The molecule has 6 nitrogen and oxygen atoms in total. The molecule has 1 aromatic rings. The maximum Gasteiger partial charge on any atom is 0.224 e. The summed E-state index contributed by atoms with van der Waals surface area (Å²) in [5.41, 5.74) is 1.16. The zero-order valence-corrected chi connectivity index (χ0v) is 12.8. The third-order valence-corrected chi connectivity index (χ3v) is 4.94. The van der Waals surface area contributed by atoms with Crippen LogP contribution in [-0.4, -0.2) is 44.7 Å². The van der Waals surface area contributed by atoms with Gasteiger partial charge in [0.15, 0.2) is 0 Å². The van der Waals surface area contributed by atoms with Gasteiger partial charge in [-0.1, -0.05) is 12.1 Å². The van der Waals surface area contributed by atoms with E-state index in [2.05, 4.69) is 0 Å². The summed E-state index contributed by atoms with van der Waals surface area (Å²) in [6.45, 7) is 0.761. The molecule has 1 unspecified atom stereocenters. The number of benzene rings is 1. The first kappa shape index (κ1) is 15.8. The summed E-state index contributed by atoms with van der Waals surface area (Å²) in [5.74, 6) is 0.674.